The van der Waals surface area contributed by atoms with Crippen molar-refractivity contribution in [3.05, 3.63) is 28.9 Å². The summed E-state index contributed by atoms with van der Waals surface area (Å²) in [5.74, 6) is 0.874. The number of hydrogen-bond acceptors (Lipinski definition) is 2. The summed E-state index contributed by atoms with van der Waals surface area (Å²) in [5, 5.41) is 1.81. The number of methoxy groups -OCH3 is 1. The summed E-state index contributed by atoms with van der Waals surface area (Å²) in [4.78, 5) is 5.34. The topological polar surface area (TPSA) is 28.3 Å². The first-order valence-electron chi connectivity index (χ1n) is 5.61. The van der Waals surface area contributed by atoms with Crippen LogP contribution in [-0.2, 0) is 6.42 Å². The molecule has 0 radical (unpaired) electrons. The summed E-state index contributed by atoms with van der Waals surface area (Å²) in [6.07, 6.45) is 0.909. The minimum atomic E-state index is 0.714. The number of aromatic amines is 1. The Bertz CT molecular complexity index is 519. The predicted molar refractivity (Wildman–Crippen MR) is 72.1 cm³/mol. The number of benzene rings is 1. The molecule has 0 saturated carbocycles. The summed E-state index contributed by atoms with van der Waals surface area (Å²) < 4.78 is 5.40. The third-order valence-corrected chi connectivity index (χ3v) is 3.19. The van der Waals surface area contributed by atoms with Crippen LogP contribution < -0.4 is 4.74 Å². The van der Waals surface area contributed by atoms with Crippen LogP contribution in [0.5, 0.6) is 5.75 Å². The maximum Gasteiger partial charge on any atom is 0.128 e. The van der Waals surface area contributed by atoms with Crippen molar-refractivity contribution in [3.63, 3.8) is 0 Å². The molecule has 2 rings (SSSR count). The SMILES string of the molecule is COc1cccc2[nH]c(Cl)c(CCN(C)C)c12. The summed E-state index contributed by atoms with van der Waals surface area (Å²) in [6.45, 7) is 0.963. The van der Waals surface area contributed by atoms with E-state index in [1.165, 1.54) is 0 Å². The average molecular weight is 253 g/mol. The van der Waals surface area contributed by atoms with Gasteiger partial charge in [0.25, 0.3) is 0 Å². The van der Waals surface area contributed by atoms with E-state index in [0.29, 0.717) is 5.15 Å². The zero-order chi connectivity index (χ0) is 12.4. The number of ether oxygens (including phenoxy) is 1. The lowest BCUT2D eigenvalue weighted by Gasteiger charge is -2.10. The third kappa shape index (κ3) is 2.40. The Morgan fingerprint density at radius 2 is 2.12 bits per heavy atom. The molecule has 1 aromatic carbocycles. The second-order valence-corrected chi connectivity index (χ2v) is 4.73. The van der Waals surface area contributed by atoms with Crippen molar-refractivity contribution in [3.8, 4) is 5.75 Å². The van der Waals surface area contributed by atoms with E-state index in [4.69, 9.17) is 16.3 Å². The number of hydrogen-bond donors (Lipinski definition) is 1. The molecule has 0 atom stereocenters. The quantitative estimate of drug-likeness (QED) is 0.906. The number of H-pyrrole nitrogens is 1. The summed E-state index contributed by atoms with van der Waals surface area (Å²) in [6, 6.07) is 5.94. The summed E-state index contributed by atoms with van der Waals surface area (Å²) in [5.41, 5.74) is 2.16. The van der Waals surface area contributed by atoms with Gasteiger partial charge in [-0.05, 0) is 32.6 Å². The zero-order valence-electron chi connectivity index (χ0n) is 10.4. The van der Waals surface area contributed by atoms with E-state index in [9.17, 15) is 0 Å². The Labute approximate surface area is 106 Å². The molecule has 0 saturated heterocycles. The highest BCUT2D eigenvalue weighted by atomic mass is 35.5. The van der Waals surface area contributed by atoms with Crippen molar-refractivity contribution in [2.75, 3.05) is 27.7 Å². The molecule has 92 valence electrons. The Hall–Kier alpha value is -1.19. The normalized spacial score (nSPS) is 11.4. The van der Waals surface area contributed by atoms with Gasteiger partial charge >= 0.3 is 0 Å². The van der Waals surface area contributed by atoms with Crippen LogP contribution in [0.15, 0.2) is 18.2 Å². The monoisotopic (exact) mass is 252 g/mol. The van der Waals surface area contributed by atoms with Gasteiger partial charge in [-0.25, -0.2) is 0 Å². The fourth-order valence-corrected chi connectivity index (χ4v) is 2.28. The van der Waals surface area contributed by atoms with Gasteiger partial charge in [0, 0.05) is 17.5 Å². The second kappa shape index (κ2) is 4.98. The van der Waals surface area contributed by atoms with Gasteiger partial charge in [0.05, 0.1) is 12.6 Å². The van der Waals surface area contributed by atoms with E-state index in [-0.39, 0.29) is 0 Å². The van der Waals surface area contributed by atoms with Gasteiger partial charge in [-0.2, -0.15) is 0 Å². The molecular weight excluding hydrogens is 236 g/mol. The molecular formula is C13H17ClN2O. The third-order valence-electron chi connectivity index (χ3n) is 2.87. The Balaban J connectivity index is 2.48. The summed E-state index contributed by atoms with van der Waals surface area (Å²) in [7, 11) is 5.80. The molecule has 2 aromatic rings. The van der Waals surface area contributed by atoms with Gasteiger partial charge in [-0.15, -0.1) is 0 Å². The number of nitrogens with one attached hydrogen (secondary N) is 1. The minimum Gasteiger partial charge on any atom is -0.496 e. The van der Waals surface area contributed by atoms with Gasteiger partial charge in [0.2, 0.25) is 0 Å². The van der Waals surface area contributed by atoms with E-state index in [2.05, 4.69) is 24.0 Å². The van der Waals surface area contributed by atoms with Crippen molar-refractivity contribution in [2.45, 2.75) is 6.42 Å². The molecule has 0 spiro atoms. The first-order chi connectivity index (χ1) is 8.13. The number of halogens is 1. The highest BCUT2D eigenvalue weighted by Crippen LogP contribution is 2.33. The molecule has 0 fully saturated rings. The van der Waals surface area contributed by atoms with Crippen molar-refractivity contribution in [1.82, 2.24) is 9.88 Å². The van der Waals surface area contributed by atoms with Gasteiger partial charge in [-0.3, -0.25) is 0 Å². The van der Waals surface area contributed by atoms with Crippen LogP contribution in [0.2, 0.25) is 5.15 Å². The van der Waals surface area contributed by atoms with Crippen LogP contribution in [0.3, 0.4) is 0 Å². The van der Waals surface area contributed by atoms with Crippen LogP contribution in [0.1, 0.15) is 5.56 Å². The fraction of sp³-hybridized carbons (Fsp3) is 0.385. The zero-order valence-corrected chi connectivity index (χ0v) is 11.1. The van der Waals surface area contributed by atoms with Crippen molar-refractivity contribution in [2.24, 2.45) is 0 Å². The molecule has 0 aliphatic carbocycles. The second-order valence-electron chi connectivity index (χ2n) is 4.35. The molecule has 0 bridgehead atoms. The number of aromatic nitrogens is 1. The van der Waals surface area contributed by atoms with Crippen LogP contribution in [0.4, 0.5) is 0 Å². The van der Waals surface area contributed by atoms with Gasteiger partial charge in [-0.1, -0.05) is 17.7 Å². The van der Waals surface area contributed by atoms with Crippen LogP contribution in [-0.4, -0.2) is 37.6 Å². The fourth-order valence-electron chi connectivity index (χ4n) is 1.99. The standard InChI is InChI=1S/C13H17ClN2O/c1-16(2)8-7-9-12-10(15-13(9)14)5-4-6-11(12)17-3/h4-6,15H,7-8H2,1-3H3. The van der Waals surface area contributed by atoms with E-state index in [0.717, 1.165) is 35.2 Å². The molecule has 1 aromatic heterocycles. The molecule has 0 aliphatic heterocycles. The lowest BCUT2D eigenvalue weighted by atomic mass is 10.1. The lowest BCUT2D eigenvalue weighted by molar-refractivity contribution is 0.411. The Kier molecular flexibility index (Phi) is 3.60. The first-order valence-corrected chi connectivity index (χ1v) is 5.99. The van der Waals surface area contributed by atoms with E-state index in [1.54, 1.807) is 7.11 Å². The van der Waals surface area contributed by atoms with Crippen LogP contribution in [0.25, 0.3) is 10.9 Å². The molecule has 1 N–H and O–H groups in total. The first kappa shape index (κ1) is 12.3. The number of fused-ring (bicyclic) bond motifs is 1. The molecule has 0 unspecified atom stereocenters. The highest BCUT2D eigenvalue weighted by Gasteiger charge is 2.13. The number of likely N-dealkylation sites (N-methyl/N-ethyl adjacent to an activating group) is 1. The number of rotatable bonds is 4. The molecule has 1 heterocycles. The average Bonchev–Trinajstić information content (AvgIpc) is 2.61. The minimum absolute atomic E-state index is 0.714. The Morgan fingerprint density at radius 3 is 2.76 bits per heavy atom. The van der Waals surface area contributed by atoms with E-state index < -0.39 is 0 Å². The smallest absolute Gasteiger partial charge is 0.128 e. The van der Waals surface area contributed by atoms with Crippen molar-refractivity contribution >= 4 is 22.5 Å². The number of nitrogens with zero attached hydrogens (tertiary/aromatic N) is 1. The molecule has 0 amide bonds. The van der Waals surface area contributed by atoms with Crippen molar-refractivity contribution < 1.29 is 4.74 Å². The van der Waals surface area contributed by atoms with Crippen LogP contribution in [0, 0.1) is 0 Å². The van der Waals surface area contributed by atoms with Crippen molar-refractivity contribution in [1.29, 1.82) is 0 Å². The maximum absolute atomic E-state index is 6.25. The van der Waals surface area contributed by atoms with Gasteiger partial charge in [0.1, 0.15) is 10.9 Å². The summed E-state index contributed by atoms with van der Waals surface area (Å²) >= 11 is 6.25. The van der Waals surface area contributed by atoms with E-state index >= 15 is 0 Å². The maximum atomic E-state index is 6.25. The predicted octanol–water partition coefficient (Wildman–Crippen LogP) is 2.93. The van der Waals surface area contributed by atoms with Gasteiger partial charge < -0.3 is 14.6 Å². The van der Waals surface area contributed by atoms with Crippen LogP contribution >= 0.6 is 11.6 Å². The molecule has 17 heavy (non-hydrogen) atoms. The largest absolute Gasteiger partial charge is 0.496 e. The lowest BCUT2D eigenvalue weighted by Crippen LogP contribution is -2.15. The molecule has 0 aliphatic rings. The van der Waals surface area contributed by atoms with E-state index in [1.807, 2.05) is 18.2 Å². The molecule has 4 heteroatoms. The Morgan fingerprint density at radius 1 is 1.35 bits per heavy atom. The highest BCUT2D eigenvalue weighted by molar-refractivity contribution is 6.32. The van der Waals surface area contributed by atoms with Gasteiger partial charge in [0.15, 0.2) is 0 Å². The molecule has 3 nitrogen and oxygen atoms in total.